The van der Waals surface area contributed by atoms with Crippen molar-refractivity contribution in [2.45, 2.75) is 29.4 Å². The molecule has 0 unspecified atom stereocenters. The van der Waals surface area contributed by atoms with Crippen LogP contribution in [0.2, 0.25) is 0 Å². The van der Waals surface area contributed by atoms with Gasteiger partial charge in [-0.15, -0.1) is 11.8 Å². The maximum Gasteiger partial charge on any atom is 0.236 e. The van der Waals surface area contributed by atoms with Crippen molar-refractivity contribution in [2.24, 2.45) is 5.92 Å². The minimum absolute atomic E-state index is 0.0167. The molecule has 2 fully saturated rings. The van der Waals surface area contributed by atoms with Crippen LogP contribution >= 0.6 is 11.8 Å². The van der Waals surface area contributed by atoms with Gasteiger partial charge in [0.15, 0.2) is 0 Å². The minimum Gasteiger partial charge on any atom is -0.339 e. The van der Waals surface area contributed by atoms with Crippen molar-refractivity contribution in [3.63, 3.8) is 0 Å². The largest absolute Gasteiger partial charge is 0.339 e. The molecule has 1 saturated carbocycles. The third-order valence-electron chi connectivity index (χ3n) is 4.75. The van der Waals surface area contributed by atoms with Crippen LogP contribution in [0.15, 0.2) is 29.2 Å². The van der Waals surface area contributed by atoms with Crippen molar-refractivity contribution in [2.75, 3.05) is 26.2 Å². The second-order valence-corrected chi connectivity index (χ2v) is 7.59. The van der Waals surface area contributed by atoms with Gasteiger partial charge < -0.3 is 9.80 Å². The topological polar surface area (TPSA) is 40.6 Å². The summed E-state index contributed by atoms with van der Waals surface area (Å²) in [6.45, 7) is 2.77. The lowest BCUT2D eigenvalue weighted by atomic mass is 10.1. The lowest BCUT2D eigenvalue weighted by Gasteiger charge is -2.36. The number of hydrogen-bond acceptors (Lipinski definition) is 3. The molecule has 0 radical (unpaired) electrons. The fraction of sp³-hybridized carbons (Fsp3) is 0.529. The minimum atomic E-state index is 0.0167. The van der Waals surface area contributed by atoms with E-state index in [4.69, 9.17) is 0 Å². The maximum absolute atomic E-state index is 12.7. The van der Waals surface area contributed by atoms with Crippen molar-refractivity contribution in [1.29, 1.82) is 0 Å². The highest BCUT2D eigenvalue weighted by molar-refractivity contribution is 8.01. The van der Waals surface area contributed by atoms with Crippen LogP contribution in [-0.4, -0.2) is 53.0 Å². The molecule has 0 bridgehead atoms. The third-order valence-corrected chi connectivity index (χ3v) is 6.06. The number of carbonyl (C=O) groups is 2. The molecule has 3 aliphatic rings. The van der Waals surface area contributed by atoms with E-state index in [2.05, 4.69) is 12.1 Å². The van der Waals surface area contributed by atoms with E-state index in [1.165, 1.54) is 10.5 Å². The van der Waals surface area contributed by atoms with Crippen LogP contribution < -0.4 is 0 Å². The smallest absolute Gasteiger partial charge is 0.236 e. The molecule has 4 nitrogen and oxygen atoms in total. The molecular weight excluding hydrogens is 296 g/mol. The summed E-state index contributed by atoms with van der Waals surface area (Å²) in [5.74, 6) is 0.816. The summed E-state index contributed by atoms with van der Waals surface area (Å²) in [4.78, 5) is 29.9. The lowest BCUT2D eigenvalue weighted by molar-refractivity contribution is -0.140. The van der Waals surface area contributed by atoms with Crippen LogP contribution in [0, 0.1) is 5.92 Å². The standard InChI is InChI=1S/C17H20N2O2S/c20-16(12-5-6-12)18-7-9-19(10-8-18)17(21)15-11-13-3-1-2-4-14(13)22-15/h1-4,12,15H,5-11H2/t15-/m0/s1. The fourth-order valence-electron chi connectivity index (χ4n) is 3.26. The van der Waals surface area contributed by atoms with Gasteiger partial charge in [-0.05, 0) is 30.9 Å². The summed E-state index contributed by atoms with van der Waals surface area (Å²) < 4.78 is 0. The molecule has 5 heteroatoms. The molecule has 116 valence electrons. The number of thioether (sulfide) groups is 1. The zero-order valence-corrected chi connectivity index (χ0v) is 13.3. The normalized spacial score (nSPS) is 24.3. The average molecular weight is 316 g/mol. The van der Waals surface area contributed by atoms with Gasteiger partial charge in [-0.3, -0.25) is 9.59 Å². The third kappa shape index (κ3) is 2.62. The van der Waals surface area contributed by atoms with Crippen LogP contribution in [0.25, 0.3) is 0 Å². The Morgan fingerprint density at radius 2 is 1.59 bits per heavy atom. The number of amides is 2. The van der Waals surface area contributed by atoms with E-state index < -0.39 is 0 Å². The van der Waals surface area contributed by atoms with Gasteiger partial charge in [-0.25, -0.2) is 0 Å². The highest BCUT2D eigenvalue weighted by atomic mass is 32.2. The number of hydrogen-bond donors (Lipinski definition) is 0. The number of piperazine rings is 1. The quantitative estimate of drug-likeness (QED) is 0.835. The Morgan fingerprint density at radius 3 is 2.23 bits per heavy atom. The predicted octanol–water partition coefficient (Wildman–Crippen LogP) is 1.78. The van der Waals surface area contributed by atoms with Gasteiger partial charge in [0.2, 0.25) is 11.8 Å². The molecule has 0 N–H and O–H groups in total. The van der Waals surface area contributed by atoms with Gasteiger partial charge in [0.1, 0.15) is 0 Å². The van der Waals surface area contributed by atoms with Gasteiger partial charge >= 0.3 is 0 Å². The average Bonchev–Trinajstić information content (AvgIpc) is 3.32. The van der Waals surface area contributed by atoms with E-state index in [1.807, 2.05) is 21.9 Å². The first kappa shape index (κ1) is 14.1. The first-order valence-electron chi connectivity index (χ1n) is 8.04. The Hall–Kier alpha value is -1.49. The molecule has 22 heavy (non-hydrogen) atoms. The van der Waals surface area contributed by atoms with Crippen LogP contribution in [0.4, 0.5) is 0 Å². The molecule has 2 aliphatic heterocycles. The van der Waals surface area contributed by atoms with E-state index >= 15 is 0 Å². The number of fused-ring (bicyclic) bond motifs is 1. The fourth-order valence-corrected chi connectivity index (χ4v) is 4.54. The second kappa shape index (κ2) is 5.61. The van der Waals surface area contributed by atoms with Gasteiger partial charge in [0.05, 0.1) is 5.25 Å². The zero-order chi connectivity index (χ0) is 15.1. The zero-order valence-electron chi connectivity index (χ0n) is 12.5. The number of benzene rings is 1. The van der Waals surface area contributed by atoms with Crippen LogP contribution in [0.1, 0.15) is 18.4 Å². The molecule has 2 amide bonds. The first-order valence-corrected chi connectivity index (χ1v) is 8.92. The van der Waals surface area contributed by atoms with Crippen molar-refractivity contribution in [1.82, 2.24) is 9.80 Å². The Bertz CT molecular complexity index is 581. The van der Waals surface area contributed by atoms with E-state index in [9.17, 15) is 9.59 Å². The Balaban J connectivity index is 1.34. The van der Waals surface area contributed by atoms with Crippen LogP contribution in [-0.2, 0) is 16.0 Å². The molecule has 2 heterocycles. The van der Waals surface area contributed by atoms with Crippen molar-refractivity contribution in [3.8, 4) is 0 Å². The van der Waals surface area contributed by atoms with Gasteiger partial charge in [-0.2, -0.15) is 0 Å². The Morgan fingerprint density at radius 1 is 0.955 bits per heavy atom. The SMILES string of the molecule is O=C(C1CC1)N1CCN(C(=O)[C@@H]2Cc3ccccc3S2)CC1. The molecule has 1 saturated heterocycles. The monoisotopic (exact) mass is 316 g/mol. The van der Waals surface area contributed by atoms with E-state index in [-0.39, 0.29) is 17.1 Å². The van der Waals surface area contributed by atoms with Gasteiger partial charge in [-0.1, -0.05) is 18.2 Å². The second-order valence-electron chi connectivity index (χ2n) is 6.34. The van der Waals surface area contributed by atoms with Gasteiger partial charge in [0, 0.05) is 37.0 Å². The predicted molar refractivity (Wildman–Crippen MR) is 85.7 cm³/mol. The molecule has 0 spiro atoms. The number of carbonyl (C=O) groups excluding carboxylic acids is 2. The summed E-state index contributed by atoms with van der Waals surface area (Å²) in [5.41, 5.74) is 1.29. The Kier molecular flexibility index (Phi) is 3.60. The van der Waals surface area contributed by atoms with Crippen LogP contribution in [0.3, 0.4) is 0 Å². The van der Waals surface area contributed by atoms with E-state index in [0.717, 1.165) is 19.3 Å². The first-order chi connectivity index (χ1) is 10.7. The number of nitrogens with zero attached hydrogens (tertiary/aromatic N) is 2. The van der Waals surface area contributed by atoms with Crippen molar-refractivity contribution < 1.29 is 9.59 Å². The maximum atomic E-state index is 12.7. The highest BCUT2D eigenvalue weighted by Gasteiger charge is 2.37. The Labute approximate surface area is 134 Å². The molecule has 1 aliphatic carbocycles. The van der Waals surface area contributed by atoms with E-state index in [1.54, 1.807) is 11.8 Å². The molecule has 1 aromatic rings. The van der Waals surface area contributed by atoms with Gasteiger partial charge in [0.25, 0.3) is 0 Å². The van der Waals surface area contributed by atoms with Crippen LogP contribution in [0.5, 0.6) is 0 Å². The molecular formula is C17H20N2O2S. The molecule has 1 atom stereocenters. The summed E-state index contributed by atoms with van der Waals surface area (Å²) in [6, 6.07) is 8.27. The summed E-state index contributed by atoms with van der Waals surface area (Å²) in [5, 5.41) is 0.0167. The van der Waals surface area contributed by atoms with Crippen molar-refractivity contribution >= 4 is 23.6 Å². The molecule has 1 aromatic carbocycles. The summed E-state index contributed by atoms with van der Waals surface area (Å²) in [6.07, 6.45) is 2.94. The lowest BCUT2D eigenvalue weighted by Crippen LogP contribution is -2.52. The summed E-state index contributed by atoms with van der Waals surface area (Å²) in [7, 11) is 0. The molecule has 0 aromatic heterocycles. The highest BCUT2D eigenvalue weighted by Crippen LogP contribution is 2.37. The number of rotatable bonds is 2. The van der Waals surface area contributed by atoms with E-state index in [0.29, 0.717) is 32.1 Å². The molecule has 4 rings (SSSR count). The van der Waals surface area contributed by atoms with Crippen molar-refractivity contribution in [3.05, 3.63) is 29.8 Å². The summed E-state index contributed by atoms with van der Waals surface area (Å²) >= 11 is 1.69.